The molecule has 0 radical (unpaired) electrons. The molecule has 0 aromatic heterocycles. The van der Waals surface area contributed by atoms with Crippen LogP contribution < -0.4 is 21.5 Å². The lowest BCUT2D eigenvalue weighted by molar-refractivity contribution is -0.116. The standard InChI is InChI=1S/C19H22N4O2S/c1-13(2)12-17(24)20-16-10-8-14(9-11-16)18(25)22-23-19(26)21-15-6-4-3-5-7-15/h3-11,13H,12H2,1-2H3,(H,20,24)(H,22,25)(H2,21,23,26). The lowest BCUT2D eigenvalue weighted by Gasteiger charge is -2.12. The van der Waals surface area contributed by atoms with Gasteiger partial charge < -0.3 is 10.6 Å². The molecule has 0 saturated carbocycles. The van der Waals surface area contributed by atoms with Crippen LogP contribution in [0, 0.1) is 5.92 Å². The minimum atomic E-state index is -0.331. The van der Waals surface area contributed by atoms with E-state index >= 15 is 0 Å². The molecular weight excluding hydrogens is 348 g/mol. The SMILES string of the molecule is CC(C)CC(=O)Nc1ccc(C(=O)NNC(=S)Nc2ccccc2)cc1. The van der Waals surface area contributed by atoms with Gasteiger partial charge >= 0.3 is 0 Å². The van der Waals surface area contributed by atoms with Gasteiger partial charge in [-0.15, -0.1) is 0 Å². The Morgan fingerprint density at radius 2 is 1.50 bits per heavy atom. The molecular formula is C19H22N4O2S. The van der Waals surface area contributed by atoms with Crippen LogP contribution in [0.3, 0.4) is 0 Å². The maximum atomic E-state index is 12.1. The Kier molecular flexibility index (Phi) is 7.11. The van der Waals surface area contributed by atoms with Gasteiger partial charge in [0.05, 0.1) is 0 Å². The third kappa shape index (κ3) is 6.52. The molecule has 0 spiro atoms. The minimum Gasteiger partial charge on any atom is -0.331 e. The first kappa shape index (κ1) is 19.4. The third-order valence-electron chi connectivity index (χ3n) is 3.35. The molecule has 2 aromatic rings. The molecule has 136 valence electrons. The van der Waals surface area contributed by atoms with Gasteiger partial charge in [0.1, 0.15) is 0 Å². The van der Waals surface area contributed by atoms with Gasteiger partial charge in [0, 0.05) is 23.4 Å². The Morgan fingerprint density at radius 1 is 0.885 bits per heavy atom. The number of hydrogen-bond donors (Lipinski definition) is 4. The predicted octanol–water partition coefficient (Wildman–Crippen LogP) is 3.30. The summed E-state index contributed by atoms with van der Waals surface area (Å²) in [6.45, 7) is 3.97. The number of carbonyl (C=O) groups is 2. The minimum absolute atomic E-state index is 0.0452. The molecule has 0 unspecified atom stereocenters. The van der Waals surface area contributed by atoms with Crippen LogP contribution in [0.25, 0.3) is 0 Å². The largest absolute Gasteiger partial charge is 0.331 e. The first-order chi connectivity index (χ1) is 12.4. The number of anilines is 2. The van der Waals surface area contributed by atoms with Crippen molar-refractivity contribution < 1.29 is 9.59 Å². The molecule has 0 aliphatic heterocycles. The van der Waals surface area contributed by atoms with Crippen LogP contribution in [0.5, 0.6) is 0 Å². The molecule has 0 saturated heterocycles. The summed E-state index contributed by atoms with van der Waals surface area (Å²) in [4.78, 5) is 23.9. The molecule has 6 nitrogen and oxygen atoms in total. The van der Waals surface area contributed by atoms with Crippen LogP contribution >= 0.6 is 12.2 Å². The van der Waals surface area contributed by atoms with E-state index in [9.17, 15) is 9.59 Å². The van der Waals surface area contributed by atoms with E-state index < -0.39 is 0 Å². The fourth-order valence-corrected chi connectivity index (χ4v) is 2.33. The zero-order valence-electron chi connectivity index (χ0n) is 14.7. The highest BCUT2D eigenvalue weighted by molar-refractivity contribution is 7.80. The lowest BCUT2D eigenvalue weighted by atomic mass is 10.1. The van der Waals surface area contributed by atoms with Crippen molar-refractivity contribution >= 4 is 40.5 Å². The average molecular weight is 370 g/mol. The molecule has 4 N–H and O–H groups in total. The van der Waals surface area contributed by atoms with Gasteiger partial charge in [-0.3, -0.25) is 20.4 Å². The Balaban J connectivity index is 1.82. The van der Waals surface area contributed by atoms with E-state index in [1.54, 1.807) is 24.3 Å². The third-order valence-corrected chi connectivity index (χ3v) is 3.55. The van der Waals surface area contributed by atoms with E-state index in [0.29, 0.717) is 23.6 Å². The van der Waals surface area contributed by atoms with Crippen molar-refractivity contribution in [2.75, 3.05) is 10.6 Å². The molecule has 0 heterocycles. The van der Waals surface area contributed by atoms with Gasteiger partial charge in [0.2, 0.25) is 5.91 Å². The molecule has 26 heavy (non-hydrogen) atoms. The number of amides is 2. The van der Waals surface area contributed by atoms with E-state index in [4.69, 9.17) is 12.2 Å². The fraction of sp³-hybridized carbons (Fsp3) is 0.211. The van der Waals surface area contributed by atoms with Gasteiger partial charge in [0.25, 0.3) is 5.91 Å². The summed E-state index contributed by atoms with van der Waals surface area (Å²) in [6.07, 6.45) is 0.456. The summed E-state index contributed by atoms with van der Waals surface area (Å²) in [5.74, 6) is -0.0852. The van der Waals surface area contributed by atoms with Crippen LogP contribution in [0.2, 0.25) is 0 Å². The summed E-state index contributed by atoms with van der Waals surface area (Å²) < 4.78 is 0. The van der Waals surface area contributed by atoms with Gasteiger partial charge in [-0.25, -0.2) is 0 Å². The van der Waals surface area contributed by atoms with Crippen LogP contribution in [0.4, 0.5) is 11.4 Å². The summed E-state index contributed by atoms with van der Waals surface area (Å²) in [7, 11) is 0. The Labute approximate surface area is 158 Å². The average Bonchev–Trinajstić information content (AvgIpc) is 2.60. The van der Waals surface area contributed by atoms with Crippen LogP contribution in [-0.2, 0) is 4.79 Å². The number of thiocarbonyl (C=S) groups is 1. The normalized spacial score (nSPS) is 10.1. The van der Waals surface area contributed by atoms with Crippen molar-refractivity contribution in [2.24, 2.45) is 5.92 Å². The smallest absolute Gasteiger partial charge is 0.269 e. The number of nitrogens with one attached hydrogen (secondary N) is 4. The zero-order valence-corrected chi connectivity index (χ0v) is 15.5. The first-order valence-electron chi connectivity index (χ1n) is 8.26. The van der Waals surface area contributed by atoms with Gasteiger partial charge in [-0.2, -0.15) is 0 Å². The Bertz CT molecular complexity index is 761. The molecule has 0 fully saturated rings. The molecule has 2 amide bonds. The topological polar surface area (TPSA) is 82.3 Å². The summed E-state index contributed by atoms with van der Waals surface area (Å²) in [5, 5.41) is 6.03. The van der Waals surface area contributed by atoms with Gasteiger partial charge in [0.15, 0.2) is 5.11 Å². The quantitative estimate of drug-likeness (QED) is 0.480. The van der Waals surface area contributed by atoms with Crippen molar-refractivity contribution in [3.8, 4) is 0 Å². The highest BCUT2D eigenvalue weighted by atomic mass is 32.1. The number of carbonyl (C=O) groups excluding carboxylic acids is 2. The van der Waals surface area contributed by atoms with Gasteiger partial charge in [-0.05, 0) is 54.5 Å². The highest BCUT2D eigenvalue weighted by Crippen LogP contribution is 2.11. The maximum absolute atomic E-state index is 12.1. The molecule has 0 aliphatic carbocycles. The summed E-state index contributed by atoms with van der Waals surface area (Å²) in [5.41, 5.74) is 7.09. The second kappa shape index (κ2) is 9.53. The summed E-state index contributed by atoms with van der Waals surface area (Å²) in [6, 6.07) is 16.0. The highest BCUT2D eigenvalue weighted by Gasteiger charge is 2.08. The van der Waals surface area contributed by atoms with Crippen LogP contribution in [0.1, 0.15) is 30.6 Å². The fourth-order valence-electron chi connectivity index (χ4n) is 2.16. The molecule has 2 aromatic carbocycles. The number of hydrazine groups is 1. The molecule has 2 rings (SSSR count). The van der Waals surface area contributed by atoms with Crippen molar-refractivity contribution in [3.63, 3.8) is 0 Å². The molecule has 0 bridgehead atoms. The first-order valence-corrected chi connectivity index (χ1v) is 8.67. The monoisotopic (exact) mass is 370 g/mol. The van der Waals surface area contributed by atoms with E-state index in [-0.39, 0.29) is 16.9 Å². The van der Waals surface area contributed by atoms with Gasteiger partial charge in [-0.1, -0.05) is 32.0 Å². The van der Waals surface area contributed by atoms with Crippen LogP contribution in [0.15, 0.2) is 54.6 Å². The van der Waals surface area contributed by atoms with E-state index in [1.807, 2.05) is 44.2 Å². The van der Waals surface area contributed by atoms with E-state index in [0.717, 1.165) is 5.69 Å². The Morgan fingerprint density at radius 3 is 2.12 bits per heavy atom. The molecule has 0 atom stereocenters. The second-order valence-corrected chi connectivity index (χ2v) is 6.53. The van der Waals surface area contributed by atoms with Crippen molar-refractivity contribution in [2.45, 2.75) is 20.3 Å². The number of benzene rings is 2. The number of para-hydroxylation sites is 1. The van der Waals surface area contributed by atoms with Crippen molar-refractivity contribution in [3.05, 3.63) is 60.2 Å². The number of rotatable bonds is 5. The van der Waals surface area contributed by atoms with E-state index in [1.165, 1.54) is 0 Å². The maximum Gasteiger partial charge on any atom is 0.269 e. The van der Waals surface area contributed by atoms with E-state index in [2.05, 4.69) is 21.5 Å². The summed E-state index contributed by atoms with van der Waals surface area (Å²) >= 11 is 5.12. The van der Waals surface area contributed by atoms with Crippen molar-refractivity contribution in [1.29, 1.82) is 0 Å². The predicted molar refractivity (Wildman–Crippen MR) is 108 cm³/mol. The molecule has 7 heteroatoms. The Hall–Kier alpha value is -2.93. The van der Waals surface area contributed by atoms with Crippen LogP contribution in [-0.4, -0.2) is 16.9 Å². The molecule has 0 aliphatic rings. The zero-order chi connectivity index (χ0) is 18.9. The van der Waals surface area contributed by atoms with Crippen molar-refractivity contribution in [1.82, 2.24) is 10.9 Å². The lowest BCUT2D eigenvalue weighted by Crippen LogP contribution is -2.43. The second-order valence-electron chi connectivity index (χ2n) is 6.12. The number of hydrogen-bond acceptors (Lipinski definition) is 3.